The van der Waals surface area contributed by atoms with Crippen molar-refractivity contribution in [1.29, 1.82) is 0 Å². The van der Waals surface area contributed by atoms with Crippen molar-refractivity contribution < 1.29 is 19.4 Å². The highest BCUT2D eigenvalue weighted by Crippen LogP contribution is 2.21. The van der Waals surface area contributed by atoms with Gasteiger partial charge in [0.25, 0.3) is 0 Å². The van der Waals surface area contributed by atoms with Crippen LogP contribution in [-0.4, -0.2) is 47.6 Å². The topological polar surface area (TPSA) is 92.9 Å². The van der Waals surface area contributed by atoms with E-state index in [9.17, 15) is 9.59 Å². The van der Waals surface area contributed by atoms with E-state index < -0.39 is 27.2 Å². The minimum Gasteiger partial charge on any atom is -0.509 e. The standard InChI is InChI=1S/C13H11O.C5H9N2O3.Al.H/c1-14-13-9-7-12(8-10-13)11-5-3-2-4-6-11;1-2-4(5(9)10)7(6)3-8;;/h2-10H,1H2;4H,2,6H2,1H3,(H,9,10);;/t;4-;;/m.1../s1. The van der Waals surface area contributed by atoms with E-state index in [1.54, 1.807) is 6.92 Å². The van der Waals surface area contributed by atoms with Crippen LogP contribution in [0, 0.1) is 0 Å². The lowest BCUT2D eigenvalue weighted by Crippen LogP contribution is -2.51. The number of carboxylic acid groups (broad SMARTS) is 1. The highest BCUT2D eigenvalue weighted by molar-refractivity contribution is 6.73. The van der Waals surface area contributed by atoms with Crippen LogP contribution in [0.25, 0.3) is 11.1 Å². The third-order valence-electron chi connectivity index (χ3n) is 3.84. The largest absolute Gasteiger partial charge is 0.509 e. The summed E-state index contributed by atoms with van der Waals surface area (Å²) in [4.78, 5) is 23.0. The monoisotopic (exact) mass is 356 g/mol. The lowest BCUT2D eigenvalue weighted by atomic mass is 10.1. The molecule has 0 aliphatic rings. The van der Waals surface area contributed by atoms with Gasteiger partial charge in [-0.05, 0) is 29.7 Å². The first-order chi connectivity index (χ1) is 12.0. The van der Waals surface area contributed by atoms with E-state index in [4.69, 9.17) is 15.7 Å². The summed E-state index contributed by atoms with van der Waals surface area (Å²) in [6.45, 7) is 1.68. The minimum absolute atomic E-state index is 0.271. The van der Waals surface area contributed by atoms with Gasteiger partial charge in [0.1, 0.15) is 16.6 Å². The number of hydrogen-bond donors (Lipinski definition) is 2. The first-order valence-corrected chi connectivity index (χ1v) is 9.81. The summed E-state index contributed by atoms with van der Waals surface area (Å²) in [6.07, 6.45) is 0.272. The quantitative estimate of drug-likeness (QED) is 0.328. The summed E-state index contributed by atoms with van der Waals surface area (Å²) in [5.41, 5.74) is 2.48. The summed E-state index contributed by atoms with van der Waals surface area (Å²) in [6, 6.07) is 16.6. The van der Waals surface area contributed by atoms with Crippen molar-refractivity contribution in [1.82, 2.24) is 5.01 Å². The SMILES string of the molecule is CC[C@H](C(=O)O)N(N)[C](=O)[AlH][CH2]Oc1ccc(-c2ccccc2)cc1. The molecule has 0 aromatic heterocycles. The molecule has 0 fully saturated rings. The van der Waals surface area contributed by atoms with Gasteiger partial charge in [-0.25, -0.2) is 10.6 Å². The van der Waals surface area contributed by atoms with Crippen LogP contribution in [0.4, 0.5) is 4.79 Å². The van der Waals surface area contributed by atoms with Gasteiger partial charge in [0.2, 0.25) is 0 Å². The number of carbonyl (C=O) groups excluding carboxylic acids is 1. The Labute approximate surface area is 152 Å². The number of carbonyl (C=O) groups is 2. The Morgan fingerprint density at radius 1 is 1.12 bits per heavy atom. The Balaban J connectivity index is 1.85. The molecule has 0 saturated carbocycles. The molecular formula is C18H21AlN2O4. The van der Waals surface area contributed by atoms with Gasteiger partial charge in [-0.2, -0.15) is 0 Å². The lowest BCUT2D eigenvalue weighted by molar-refractivity contribution is -0.142. The molecule has 2 aromatic rings. The highest BCUT2D eigenvalue weighted by atomic mass is 27.1. The maximum absolute atomic E-state index is 12.0. The summed E-state index contributed by atoms with van der Waals surface area (Å²) in [7, 11) is 0. The van der Waals surface area contributed by atoms with Crippen LogP contribution in [0.5, 0.6) is 5.75 Å². The Hall–Kier alpha value is -2.33. The second-order valence-corrected chi connectivity index (χ2v) is 7.07. The molecule has 2 rings (SSSR count). The maximum atomic E-state index is 12.0. The smallest absolute Gasteiger partial charge is 0.433 e. The van der Waals surface area contributed by atoms with Crippen LogP contribution in [0.1, 0.15) is 13.3 Å². The zero-order valence-corrected chi connectivity index (χ0v) is 15.5. The molecule has 7 heteroatoms. The molecule has 0 saturated heterocycles. The number of carboxylic acids is 1. The van der Waals surface area contributed by atoms with Crippen molar-refractivity contribution in [2.45, 2.75) is 19.4 Å². The molecular weight excluding hydrogens is 335 g/mol. The lowest BCUT2D eigenvalue weighted by Gasteiger charge is -2.23. The van der Waals surface area contributed by atoms with Gasteiger partial charge in [0, 0.05) is 5.47 Å². The molecule has 25 heavy (non-hydrogen) atoms. The van der Waals surface area contributed by atoms with Gasteiger partial charge >= 0.3 is 21.2 Å². The molecule has 0 aliphatic carbocycles. The van der Waals surface area contributed by atoms with Crippen molar-refractivity contribution in [3.8, 4) is 16.9 Å². The van der Waals surface area contributed by atoms with Crippen LogP contribution in [0.2, 0.25) is 0 Å². The number of aliphatic carboxylic acids is 1. The molecule has 0 radical (unpaired) electrons. The van der Waals surface area contributed by atoms with E-state index in [0.717, 1.165) is 16.1 Å². The highest BCUT2D eigenvalue weighted by Gasteiger charge is 2.26. The summed E-state index contributed by atoms with van der Waals surface area (Å²) < 4.78 is 5.28. The molecule has 130 valence electrons. The van der Waals surface area contributed by atoms with Crippen LogP contribution in [0.15, 0.2) is 54.6 Å². The van der Waals surface area contributed by atoms with Crippen LogP contribution < -0.4 is 10.6 Å². The normalized spacial score (nSPS) is 11.4. The fourth-order valence-corrected chi connectivity index (χ4v) is 3.41. The number of ether oxygens (including phenoxy) is 1. The minimum atomic E-state index is -1.32. The molecule has 1 amide bonds. The Morgan fingerprint density at radius 2 is 1.72 bits per heavy atom. The number of benzene rings is 2. The average Bonchev–Trinajstić information content (AvgIpc) is 2.63. The number of hydrogen-bond acceptors (Lipinski definition) is 4. The van der Waals surface area contributed by atoms with Gasteiger partial charge in [0.05, 0.1) is 0 Å². The average molecular weight is 356 g/mol. The molecule has 0 bridgehead atoms. The Kier molecular flexibility index (Phi) is 7.02. The van der Waals surface area contributed by atoms with Crippen molar-refractivity contribution in [3.63, 3.8) is 0 Å². The van der Waals surface area contributed by atoms with Crippen molar-refractivity contribution in [2.24, 2.45) is 5.84 Å². The van der Waals surface area contributed by atoms with Crippen LogP contribution in [0.3, 0.4) is 0 Å². The Bertz CT molecular complexity index is 707. The molecule has 0 spiro atoms. The van der Waals surface area contributed by atoms with E-state index in [1.807, 2.05) is 54.6 Å². The number of nitrogens with two attached hydrogens (primary N) is 1. The summed E-state index contributed by atoms with van der Waals surface area (Å²) in [5.74, 6) is 5.20. The molecule has 6 nitrogen and oxygen atoms in total. The van der Waals surface area contributed by atoms with Gasteiger partial charge in [-0.15, -0.1) is 0 Å². The zero-order valence-electron chi connectivity index (χ0n) is 14.1. The van der Waals surface area contributed by atoms with Crippen LogP contribution in [-0.2, 0) is 4.79 Å². The van der Waals surface area contributed by atoms with Gasteiger partial charge in [-0.1, -0.05) is 49.4 Å². The van der Waals surface area contributed by atoms with Crippen molar-refractivity contribution >= 4 is 26.0 Å². The number of amides is 1. The second kappa shape index (κ2) is 9.23. The first-order valence-electron chi connectivity index (χ1n) is 8.10. The molecule has 3 N–H and O–H groups in total. The fourth-order valence-electron chi connectivity index (χ4n) is 2.42. The van der Waals surface area contributed by atoms with Gasteiger partial charge < -0.3 is 9.84 Å². The number of rotatable bonds is 8. The van der Waals surface area contributed by atoms with E-state index in [0.29, 0.717) is 5.75 Å². The summed E-state index contributed by atoms with van der Waals surface area (Å²) >= 11 is -1.32. The van der Waals surface area contributed by atoms with E-state index in [-0.39, 0.29) is 16.7 Å². The van der Waals surface area contributed by atoms with Crippen molar-refractivity contribution in [2.75, 3.05) is 5.47 Å². The molecule has 0 aliphatic heterocycles. The molecule has 0 unspecified atom stereocenters. The predicted octanol–water partition coefficient (Wildman–Crippen LogP) is 2.29. The van der Waals surface area contributed by atoms with E-state index in [1.165, 1.54) is 0 Å². The second-order valence-electron chi connectivity index (χ2n) is 5.55. The van der Waals surface area contributed by atoms with Gasteiger partial charge in [-0.3, -0.25) is 9.80 Å². The maximum Gasteiger partial charge on any atom is 0.433 e. The van der Waals surface area contributed by atoms with Crippen LogP contribution >= 0.6 is 0 Å². The predicted molar refractivity (Wildman–Crippen MR) is 97.7 cm³/mol. The number of hydrazine groups is 1. The first kappa shape index (κ1) is 19.0. The molecule has 1 atom stereocenters. The summed E-state index contributed by atoms with van der Waals surface area (Å²) in [5, 5.41) is 9.86. The molecule has 0 heterocycles. The molecule has 2 aromatic carbocycles. The fraction of sp³-hybridized carbons (Fsp3) is 0.222. The van der Waals surface area contributed by atoms with E-state index >= 15 is 0 Å². The third kappa shape index (κ3) is 5.33. The van der Waals surface area contributed by atoms with Crippen molar-refractivity contribution in [3.05, 3.63) is 54.6 Å². The van der Waals surface area contributed by atoms with Gasteiger partial charge in [0.15, 0.2) is 0 Å². The Morgan fingerprint density at radius 3 is 2.28 bits per heavy atom. The number of nitrogens with zero attached hydrogens (tertiary/aromatic N) is 1. The zero-order chi connectivity index (χ0) is 18.2. The van der Waals surface area contributed by atoms with E-state index in [2.05, 4.69) is 0 Å². The third-order valence-corrected chi connectivity index (χ3v) is 5.04.